The zero-order chi connectivity index (χ0) is 16.5. The molecule has 3 amide bonds. The van der Waals surface area contributed by atoms with Crippen molar-refractivity contribution in [1.82, 2.24) is 20.8 Å². The first-order chi connectivity index (χ1) is 11.2. The minimum atomic E-state index is -0.471. The summed E-state index contributed by atoms with van der Waals surface area (Å²) >= 11 is 2.59. The van der Waals surface area contributed by atoms with E-state index < -0.39 is 6.03 Å². The predicted molar refractivity (Wildman–Crippen MR) is 92.2 cm³/mol. The first-order valence-corrected chi connectivity index (χ1v) is 8.83. The van der Waals surface area contributed by atoms with Gasteiger partial charge in [-0.05, 0) is 18.6 Å². The van der Waals surface area contributed by atoms with Crippen molar-refractivity contribution in [2.75, 3.05) is 17.6 Å². The SMILES string of the molecule is CCCNC(=O)NC(=O)CSc1nnc(Nc2ccccc2)s1. The van der Waals surface area contributed by atoms with Crippen LogP contribution in [0, 0.1) is 0 Å². The number of imide groups is 1. The van der Waals surface area contributed by atoms with Crippen LogP contribution in [0.15, 0.2) is 34.7 Å². The van der Waals surface area contributed by atoms with E-state index in [1.165, 1.54) is 23.1 Å². The second-order valence-electron chi connectivity index (χ2n) is 4.46. The number of benzene rings is 1. The fourth-order valence-corrected chi connectivity index (χ4v) is 3.11. The van der Waals surface area contributed by atoms with Crippen LogP contribution in [0.1, 0.15) is 13.3 Å². The summed E-state index contributed by atoms with van der Waals surface area (Å²) < 4.78 is 0.660. The van der Waals surface area contributed by atoms with Gasteiger partial charge in [-0.1, -0.05) is 48.2 Å². The molecule has 0 bridgehead atoms. The number of nitrogens with one attached hydrogen (secondary N) is 3. The summed E-state index contributed by atoms with van der Waals surface area (Å²) in [5.74, 6) is -0.254. The second-order valence-corrected chi connectivity index (χ2v) is 6.66. The van der Waals surface area contributed by atoms with Gasteiger partial charge in [-0.2, -0.15) is 0 Å². The number of rotatable bonds is 7. The molecule has 0 spiro atoms. The third-order valence-corrected chi connectivity index (χ3v) is 4.52. The molecule has 0 aliphatic heterocycles. The first kappa shape index (κ1) is 17.2. The van der Waals surface area contributed by atoms with Crippen LogP contribution < -0.4 is 16.0 Å². The maximum Gasteiger partial charge on any atom is 0.321 e. The van der Waals surface area contributed by atoms with Crippen LogP contribution in [0.3, 0.4) is 0 Å². The Morgan fingerprint density at radius 2 is 2.00 bits per heavy atom. The summed E-state index contributed by atoms with van der Waals surface area (Å²) in [4.78, 5) is 23.0. The van der Waals surface area contributed by atoms with E-state index in [4.69, 9.17) is 0 Å². The molecule has 2 aromatic rings. The Bertz CT molecular complexity index is 648. The largest absolute Gasteiger partial charge is 0.338 e. The standard InChI is InChI=1S/C14H17N5O2S2/c1-2-8-15-12(21)17-11(20)9-22-14-19-18-13(23-14)16-10-6-4-3-5-7-10/h3-7H,2,8-9H2,1H3,(H,16,18)(H2,15,17,20,21). The van der Waals surface area contributed by atoms with Gasteiger partial charge in [-0.15, -0.1) is 10.2 Å². The highest BCUT2D eigenvalue weighted by Crippen LogP contribution is 2.27. The number of amides is 3. The summed E-state index contributed by atoms with van der Waals surface area (Å²) in [6, 6.07) is 9.16. The summed E-state index contributed by atoms with van der Waals surface area (Å²) in [5.41, 5.74) is 0.922. The Balaban J connectivity index is 1.76. The number of carbonyl (C=O) groups is 2. The van der Waals surface area contributed by atoms with Gasteiger partial charge in [0.05, 0.1) is 5.75 Å². The van der Waals surface area contributed by atoms with Crippen molar-refractivity contribution < 1.29 is 9.59 Å². The summed E-state index contributed by atoms with van der Waals surface area (Å²) in [6.45, 7) is 2.48. The molecule has 0 radical (unpaired) electrons. The quantitative estimate of drug-likeness (QED) is 0.664. The Morgan fingerprint density at radius 1 is 1.22 bits per heavy atom. The van der Waals surface area contributed by atoms with Gasteiger partial charge >= 0.3 is 6.03 Å². The minimum absolute atomic E-state index is 0.111. The molecular formula is C14H17N5O2S2. The maximum absolute atomic E-state index is 11.6. The zero-order valence-electron chi connectivity index (χ0n) is 12.5. The lowest BCUT2D eigenvalue weighted by atomic mass is 10.3. The normalized spacial score (nSPS) is 10.1. The monoisotopic (exact) mass is 351 g/mol. The van der Waals surface area contributed by atoms with Gasteiger partial charge in [-0.3, -0.25) is 10.1 Å². The number of nitrogens with zero attached hydrogens (tertiary/aromatic N) is 2. The molecule has 1 aromatic carbocycles. The van der Waals surface area contributed by atoms with Gasteiger partial charge in [0.2, 0.25) is 11.0 Å². The molecule has 1 aromatic heterocycles. The number of hydrogen-bond donors (Lipinski definition) is 3. The van der Waals surface area contributed by atoms with Crippen molar-refractivity contribution in [3.05, 3.63) is 30.3 Å². The number of aromatic nitrogens is 2. The second kappa shape index (κ2) is 9.11. The summed E-state index contributed by atoms with van der Waals surface area (Å²) in [5, 5.41) is 16.6. The van der Waals surface area contributed by atoms with Crippen LogP contribution >= 0.6 is 23.1 Å². The van der Waals surface area contributed by atoms with Gasteiger partial charge in [0.25, 0.3) is 0 Å². The Hall–Kier alpha value is -2.13. The summed E-state index contributed by atoms with van der Waals surface area (Å²) in [7, 11) is 0. The van der Waals surface area contributed by atoms with E-state index in [1.54, 1.807) is 0 Å². The molecule has 9 heteroatoms. The Labute approximate surface area is 142 Å². The molecule has 0 saturated carbocycles. The molecule has 122 valence electrons. The van der Waals surface area contributed by atoms with Crippen molar-refractivity contribution in [1.29, 1.82) is 0 Å². The maximum atomic E-state index is 11.6. The van der Waals surface area contributed by atoms with Gasteiger partial charge in [0, 0.05) is 12.2 Å². The van der Waals surface area contributed by atoms with Crippen LogP contribution in [0.4, 0.5) is 15.6 Å². The van der Waals surface area contributed by atoms with Crippen LogP contribution in [0.25, 0.3) is 0 Å². The average Bonchev–Trinajstić information content (AvgIpc) is 2.99. The number of para-hydroxylation sites is 1. The van der Waals surface area contributed by atoms with E-state index in [9.17, 15) is 9.59 Å². The van der Waals surface area contributed by atoms with E-state index >= 15 is 0 Å². The van der Waals surface area contributed by atoms with Crippen molar-refractivity contribution >= 4 is 45.9 Å². The van der Waals surface area contributed by atoms with E-state index in [1.807, 2.05) is 37.3 Å². The van der Waals surface area contributed by atoms with Crippen molar-refractivity contribution in [2.24, 2.45) is 0 Å². The van der Waals surface area contributed by atoms with E-state index in [0.717, 1.165) is 12.1 Å². The molecule has 23 heavy (non-hydrogen) atoms. The molecule has 2 rings (SSSR count). The van der Waals surface area contributed by atoms with Crippen LogP contribution in [-0.4, -0.2) is 34.4 Å². The lowest BCUT2D eigenvalue weighted by Crippen LogP contribution is -2.40. The fourth-order valence-electron chi connectivity index (χ4n) is 1.54. The molecular weight excluding hydrogens is 334 g/mol. The van der Waals surface area contributed by atoms with Gasteiger partial charge in [0.15, 0.2) is 4.34 Å². The summed E-state index contributed by atoms with van der Waals surface area (Å²) in [6.07, 6.45) is 0.818. The number of urea groups is 1. The average molecular weight is 351 g/mol. The van der Waals surface area contributed by atoms with Gasteiger partial charge in [0.1, 0.15) is 0 Å². The Kier molecular flexibility index (Phi) is 6.82. The fraction of sp³-hybridized carbons (Fsp3) is 0.286. The molecule has 3 N–H and O–H groups in total. The number of carbonyl (C=O) groups excluding carboxylic acids is 2. The molecule has 0 saturated heterocycles. The van der Waals surface area contributed by atoms with Crippen LogP contribution in [0.2, 0.25) is 0 Å². The van der Waals surface area contributed by atoms with Crippen molar-refractivity contribution in [3.63, 3.8) is 0 Å². The van der Waals surface area contributed by atoms with Crippen LogP contribution in [0.5, 0.6) is 0 Å². The van der Waals surface area contributed by atoms with Crippen LogP contribution in [-0.2, 0) is 4.79 Å². The molecule has 0 aliphatic carbocycles. The molecule has 0 atom stereocenters. The molecule has 1 heterocycles. The minimum Gasteiger partial charge on any atom is -0.338 e. The Morgan fingerprint density at radius 3 is 2.74 bits per heavy atom. The van der Waals surface area contributed by atoms with Gasteiger partial charge in [-0.25, -0.2) is 4.79 Å². The topological polar surface area (TPSA) is 96.0 Å². The lowest BCUT2D eigenvalue weighted by molar-refractivity contribution is -0.117. The lowest BCUT2D eigenvalue weighted by Gasteiger charge is -2.04. The van der Waals surface area contributed by atoms with Crippen molar-refractivity contribution in [2.45, 2.75) is 17.7 Å². The third-order valence-electron chi connectivity index (χ3n) is 2.55. The van der Waals surface area contributed by atoms with E-state index in [0.29, 0.717) is 16.0 Å². The smallest absolute Gasteiger partial charge is 0.321 e. The number of hydrogen-bond acceptors (Lipinski definition) is 7. The first-order valence-electron chi connectivity index (χ1n) is 7.03. The molecule has 0 fully saturated rings. The van der Waals surface area contributed by atoms with Gasteiger partial charge < -0.3 is 10.6 Å². The van der Waals surface area contributed by atoms with Crippen molar-refractivity contribution in [3.8, 4) is 0 Å². The van der Waals surface area contributed by atoms with E-state index in [-0.39, 0.29) is 11.7 Å². The molecule has 0 aliphatic rings. The predicted octanol–water partition coefficient (Wildman–Crippen LogP) is 2.61. The highest BCUT2D eigenvalue weighted by Gasteiger charge is 2.10. The number of thioether (sulfide) groups is 1. The number of anilines is 2. The highest BCUT2D eigenvalue weighted by molar-refractivity contribution is 8.01. The molecule has 7 nitrogen and oxygen atoms in total. The molecule has 0 unspecified atom stereocenters. The highest BCUT2D eigenvalue weighted by atomic mass is 32.2. The zero-order valence-corrected chi connectivity index (χ0v) is 14.2. The third kappa shape index (κ3) is 6.25. The van der Waals surface area contributed by atoms with E-state index in [2.05, 4.69) is 26.1 Å².